The predicted octanol–water partition coefficient (Wildman–Crippen LogP) is 4.08. The van der Waals surface area contributed by atoms with Gasteiger partial charge in [0.1, 0.15) is 0 Å². The van der Waals surface area contributed by atoms with E-state index in [9.17, 15) is 4.79 Å². The number of hydrogen-bond donors (Lipinski definition) is 0. The second kappa shape index (κ2) is 5.96. The third-order valence-electron chi connectivity index (χ3n) is 4.17. The SMILES string of the molecule is COC(=O)C1=Cc2cc(C(n3ccnc3)C(C)(C)C)sc2CC1. The van der Waals surface area contributed by atoms with Crippen LogP contribution in [0.3, 0.4) is 0 Å². The quantitative estimate of drug-likeness (QED) is 0.796. The summed E-state index contributed by atoms with van der Waals surface area (Å²) in [5.74, 6) is -0.217. The fourth-order valence-corrected chi connectivity index (χ4v) is 4.66. The number of carbonyl (C=O) groups is 1. The number of aromatic nitrogens is 2. The van der Waals surface area contributed by atoms with Crippen LogP contribution in [-0.4, -0.2) is 22.6 Å². The summed E-state index contributed by atoms with van der Waals surface area (Å²) >= 11 is 1.84. The van der Waals surface area contributed by atoms with Gasteiger partial charge in [-0.05, 0) is 36.0 Å². The number of methoxy groups -OCH3 is 1. The Bertz CT molecular complexity index is 736. The molecule has 2 heterocycles. The van der Waals surface area contributed by atoms with Crippen molar-refractivity contribution in [2.75, 3.05) is 7.11 Å². The number of carbonyl (C=O) groups excluding carboxylic acids is 1. The van der Waals surface area contributed by atoms with E-state index in [2.05, 4.69) is 36.4 Å². The molecule has 0 bridgehead atoms. The van der Waals surface area contributed by atoms with Crippen LogP contribution in [0, 0.1) is 5.41 Å². The molecular weight excluding hydrogens is 308 g/mol. The molecule has 0 radical (unpaired) electrons. The third kappa shape index (κ3) is 3.11. The largest absolute Gasteiger partial charge is 0.466 e. The van der Waals surface area contributed by atoms with E-state index in [0.717, 1.165) is 24.0 Å². The van der Waals surface area contributed by atoms with E-state index in [0.29, 0.717) is 0 Å². The molecule has 0 saturated carbocycles. The number of aryl methyl sites for hydroxylation is 1. The summed E-state index contributed by atoms with van der Waals surface area (Å²) in [6, 6.07) is 2.45. The first-order valence-electron chi connectivity index (χ1n) is 7.79. The Morgan fingerprint density at radius 1 is 1.39 bits per heavy atom. The highest BCUT2D eigenvalue weighted by molar-refractivity contribution is 7.12. The minimum absolute atomic E-state index is 0.0725. The maximum atomic E-state index is 11.8. The summed E-state index contributed by atoms with van der Waals surface area (Å²) in [6.07, 6.45) is 9.36. The van der Waals surface area contributed by atoms with Crippen molar-refractivity contribution in [1.29, 1.82) is 0 Å². The molecule has 1 aliphatic carbocycles. The number of esters is 1. The van der Waals surface area contributed by atoms with Gasteiger partial charge in [-0.3, -0.25) is 0 Å². The van der Waals surface area contributed by atoms with Crippen molar-refractivity contribution in [2.45, 2.75) is 39.7 Å². The molecule has 0 aliphatic heterocycles. The van der Waals surface area contributed by atoms with Crippen molar-refractivity contribution >= 4 is 23.4 Å². The Hall–Kier alpha value is -1.88. The van der Waals surface area contributed by atoms with Gasteiger partial charge < -0.3 is 9.30 Å². The lowest BCUT2D eigenvalue weighted by molar-refractivity contribution is -0.136. The van der Waals surface area contributed by atoms with Gasteiger partial charge in [0.05, 0.1) is 19.5 Å². The highest BCUT2D eigenvalue weighted by Crippen LogP contribution is 2.42. The molecular formula is C18H22N2O2S. The zero-order valence-corrected chi connectivity index (χ0v) is 14.8. The third-order valence-corrected chi connectivity index (χ3v) is 5.44. The number of thiophene rings is 1. The normalized spacial score (nSPS) is 15.7. The molecule has 1 atom stereocenters. The summed E-state index contributed by atoms with van der Waals surface area (Å²) in [6.45, 7) is 6.73. The van der Waals surface area contributed by atoms with Crippen molar-refractivity contribution in [3.8, 4) is 0 Å². The van der Waals surface area contributed by atoms with Crippen LogP contribution in [0.25, 0.3) is 6.08 Å². The Kier molecular flexibility index (Phi) is 4.15. The first-order valence-corrected chi connectivity index (χ1v) is 8.60. The van der Waals surface area contributed by atoms with Gasteiger partial charge in [-0.15, -0.1) is 11.3 Å². The van der Waals surface area contributed by atoms with Crippen molar-refractivity contribution in [3.63, 3.8) is 0 Å². The molecule has 1 unspecified atom stereocenters. The fraction of sp³-hybridized carbons (Fsp3) is 0.444. The molecule has 0 aromatic carbocycles. The molecule has 23 heavy (non-hydrogen) atoms. The number of ether oxygens (including phenoxy) is 1. The average Bonchev–Trinajstić information content (AvgIpc) is 3.13. The minimum Gasteiger partial charge on any atom is -0.466 e. The van der Waals surface area contributed by atoms with Crippen LogP contribution in [0.5, 0.6) is 0 Å². The predicted molar refractivity (Wildman–Crippen MR) is 92.5 cm³/mol. The first-order chi connectivity index (χ1) is 10.9. The lowest BCUT2D eigenvalue weighted by Crippen LogP contribution is -2.23. The highest BCUT2D eigenvalue weighted by atomic mass is 32.1. The lowest BCUT2D eigenvalue weighted by Gasteiger charge is -2.31. The fourth-order valence-electron chi connectivity index (χ4n) is 3.16. The summed E-state index contributed by atoms with van der Waals surface area (Å²) in [5.41, 5.74) is 1.99. The second-order valence-electron chi connectivity index (χ2n) is 6.97. The van der Waals surface area contributed by atoms with Crippen molar-refractivity contribution in [1.82, 2.24) is 9.55 Å². The molecule has 2 aromatic heterocycles. The number of hydrogen-bond acceptors (Lipinski definition) is 4. The Morgan fingerprint density at radius 2 is 2.17 bits per heavy atom. The molecule has 5 heteroatoms. The number of imidazole rings is 1. The van der Waals surface area contributed by atoms with Gasteiger partial charge in [0.15, 0.2) is 0 Å². The van der Waals surface area contributed by atoms with Crippen LogP contribution in [-0.2, 0) is 16.0 Å². The first kappa shape index (κ1) is 16.0. The van der Waals surface area contributed by atoms with Crippen LogP contribution in [0.4, 0.5) is 0 Å². The number of fused-ring (bicyclic) bond motifs is 1. The van der Waals surface area contributed by atoms with Crippen molar-refractivity contribution in [2.24, 2.45) is 5.41 Å². The molecule has 0 saturated heterocycles. The average molecular weight is 330 g/mol. The van der Waals surface area contributed by atoms with Crippen LogP contribution >= 0.6 is 11.3 Å². The van der Waals surface area contributed by atoms with E-state index in [1.54, 1.807) is 0 Å². The van der Waals surface area contributed by atoms with Gasteiger partial charge in [-0.1, -0.05) is 20.8 Å². The van der Waals surface area contributed by atoms with Crippen molar-refractivity contribution < 1.29 is 9.53 Å². The monoisotopic (exact) mass is 330 g/mol. The smallest absolute Gasteiger partial charge is 0.333 e. The maximum absolute atomic E-state index is 11.8. The number of rotatable bonds is 3. The zero-order valence-electron chi connectivity index (χ0n) is 14.0. The summed E-state index contributed by atoms with van der Waals surface area (Å²) in [7, 11) is 1.44. The van der Waals surface area contributed by atoms with Gasteiger partial charge in [0.25, 0.3) is 0 Å². The van der Waals surface area contributed by atoms with Gasteiger partial charge >= 0.3 is 5.97 Å². The molecule has 0 fully saturated rings. The molecule has 0 N–H and O–H groups in total. The van der Waals surface area contributed by atoms with Gasteiger partial charge in [-0.2, -0.15) is 0 Å². The Morgan fingerprint density at radius 3 is 2.78 bits per heavy atom. The van der Waals surface area contributed by atoms with E-state index >= 15 is 0 Å². The molecule has 0 spiro atoms. The zero-order chi connectivity index (χ0) is 16.6. The van der Waals surface area contributed by atoms with E-state index in [4.69, 9.17) is 4.74 Å². The van der Waals surface area contributed by atoms with Crippen LogP contribution in [0.2, 0.25) is 0 Å². The summed E-state index contributed by atoms with van der Waals surface area (Å²) in [5, 5.41) is 0. The van der Waals surface area contributed by atoms with E-state index in [-0.39, 0.29) is 17.4 Å². The molecule has 4 nitrogen and oxygen atoms in total. The van der Waals surface area contributed by atoms with Gasteiger partial charge in [0.2, 0.25) is 0 Å². The summed E-state index contributed by atoms with van der Waals surface area (Å²) in [4.78, 5) is 18.6. The topological polar surface area (TPSA) is 44.1 Å². The maximum Gasteiger partial charge on any atom is 0.333 e. The highest BCUT2D eigenvalue weighted by Gasteiger charge is 2.30. The van der Waals surface area contributed by atoms with Crippen LogP contribution in [0.15, 0.2) is 30.4 Å². The van der Waals surface area contributed by atoms with Gasteiger partial charge in [-0.25, -0.2) is 9.78 Å². The second-order valence-corrected chi connectivity index (χ2v) is 8.14. The van der Waals surface area contributed by atoms with Crippen molar-refractivity contribution in [3.05, 3.63) is 45.7 Å². The molecule has 1 aliphatic rings. The van der Waals surface area contributed by atoms with Crippen LogP contribution < -0.4 is 0 Å². The molecule has 3 rings (SSSR count). The Balaban J connectivity index is 2.01. The molecule has 122 valence electrons. The lowest BCUT2D eigenvalue weighted by atomic mass is 9.85. The molecule has 0 amide bonds. The Labute approximate surface area is 140 Å². The number of nitrogens with zero attached hydrogens (tertiary/aromatic N) is 2. The van der Waals surface area contributed by atoms with E-state index in [1.807, 2.05) is 36.1 Å². The standard InChI is InChI=1S/C18H22N2O2S/c1-18(2,3)16(20-8-7-19-11-20)15-10-13-9-12(17(21)22-4)5-6-14(13)23-15/h7-11,16H,5-6H2,1-4H3. The van der Waals surface area contributed by atoms with E-state index < -0.39 is 0 Å². The van der Waals surface area contributed by atoms with E-state index in [1.165, 1.54) is 16.9 Å². The molecule has 2 aromatic rings. The van der Waals surface area contributed by atoms with Crippen LogP contribution in [0.1, 0.15) is 48.6 Å². The van der Waals surface area contributed by atoms with Gasteiger partial charge in [0, 0.05) is 27.7 Å². The minimum atomic E-state index is -0.217. The summed E-state index contributed by atoms with van der Waals surface area (Å²) < 4.78 is 7.02.